The zero-order valence-corrected chi connectivity index (χ0v) is 25.3. The molecule has 0 spiro atoms. The number of carbonyl (C=O) groups excluding carboxylic acids is 2. The summed E-state index contributed by atoms with van der Waals surface area (Å²) in [5.74, 6) is -1.14. The van der Waals surface area contributed by atoms with E-state index in [1.54, 1.807) is 0 Å². The summed E-state index contributed by atoms with van der Waals surface area (Å²) in [6.45, 7) is 4.83. The number of hydrogen-bond acceptors (Lipinski definition) is 5. The quantitative estimate of drug-likeness (QED) is 0.339. The molecule has 41 heavy (non-hydrogen) atoms. The number of anilines is 1. The molecular weight excluding hydrogens is 569 g/mol. The van der Waals surface area contributed by atoms with Crippen molar-refractivity contribution in [2.75, 3.05) is 24.2 Å². The summed E-state index contributed by atoms with van der Waals surface area (Å²) in [7, 11) is -2.53. The predicted octanol–water partition coefficient (Wildman–Crippen LogP) is 4.81. The Kier molecular flexibility index (Phi) is 10.4. The van der Waals surface area contributed by atoms with Crippen molar-refractivity contribution in [1.29, 1.82) is 0 Å². The van der Waals surface area contributed by atoms with E-state index in [1.807, 2.05) is 51.1 Å². The van der Waals surface area contributed by atoms with Gasteiger partial charge in [0.1, 0.15) is 24.2 Å². The van der Waals surface area contributed by atoms with Gasteiger partial charge in [0.05, 0.1) is 24.1 Å². The highest BCUT2D eigenvalue weighted by atomic mass is 35.5. The number of rotatable bonds is 11. The maximum absolute atomic E-state index is 14.1. The van der Waals surface area contributed by atoms with Crippen molar-refractivity contribution in [1.82, 2.24) is 10.2 Å². The molecule has 0 bridgehead atoms. The smallest absolute Gasteiger partial charge is 0.244 e. The van der Waals surface area contributed by atoms with Crippen LogP contribution in [0.2, 0.25) is 5.02 Å². The van der Waals surface area contributed by atoms with E-state index < -0.39 is 45.8 Å². The molecule has 3 rings (SSSR count). The van der Waals surface area contributed by atoms with Gasteiger partial charge in [0.2, 0.25) is 21.8 Å². The van der Waals surface area contributed by atoms with Crippen LogP contribution in [0.15, 0.2) is 72.8 Å². The predicted molar refractivity (Wildman–Crippen MR) is 159 cm³/mol. The van der Waals surface area contributed by atoms with Gasteiger partial charge in [-0.05, 0) is 62.2 Å². The van der Waals surface area contributed by atoms with Gasteiger partial charge in [0, 0.05) is 18.5 Å². The van der Waals surface area contributed by atoms with Crippen molar-refractivity contribution in [3.8, 4) is 5.75 Å². The van der Waals surface area contributed by atoms with Crippen LogP contribution < -0.4 is 14.4 Å². The number of benzene rings is 3. The van der Waals surface area contributed by atoms with E-state index in [4.69, 9.17) is 16.3 Å². The van der Waals surface area contributed by atoms with Gasteiger partial charge in [-0.15, -0.1) is 0 Å². The number of sulfonamides is 1. The van der Waals surface area contributed by atoms with Crippen LogP contribution in [-0.4, -0.2) is 56.6 Å². The normalized spacial score (nSPS) is 12.4. The van der Waals surface area contributed by atoms with Crippen LogP contribution in [0.3, 0.4) is 0 Å². The molecule has 0 saturated carbocycles. The Labute approximate surface area is 246 Å². The molecule has 3 aromatic rings. The molecule has 0 heterocycles. The standard InChI is InChI=1S/C30H35ClFN3O5S/c1-30(2,3)33-29(37)26(17-21-9-7-6-8-10-21)34(19-22-11-13-23(32)14-12-22)28(36)20-35(41(5,38)39)24-15-16-27(40-4)25(31)18-24/h6-16,18,26H,17,19-20H2,1-5H3,(H,33,37)/t26-/m0/s1. The lowest BCUT2D eigenvalue weighted by Crippen LogP contribution is -2.56. The first-order valence-corrected chi connectivity index (χ1v) is 15.1. The summed E-state index contributed by atoms with van der Waals surface area (Å²) in [4.78, 5) is 29.1. The van der Waals surface area contributed by atoms with E-state index in [-0.39, 0.29) is 23.7 Å². The topological polar surface area (TPSA) is 96.0 Å². The van der Waals surface area contributed by atoms with Crippen LogP contribution in [0.25, 0.3) is 0 Å². The minimum atomic E-state index is -3.96. The third kappa shape index (κ3) is 9.19. The molecule has 0 aromatic heterocycles. The van der Waals surface area contributed by atoms with Crippen LogP contribution in [-0.2, 0) is 32.6 Å². The second-order valence-corrected chi connectivity index (χ2v) is 13.0. The highest BCUT2D eigenvalue weighted by molar-refractivity contribution is 7.92. The SMILES string of the molecule is COc1ccc(N(CC(=O)N(Cc2ccc(F)cc2)[C@@H](Cc2ccccc2)C(=O)NC(C)(C)C)S(C)(=O)=O)cc1Cl. The van der Waals surface area contributed by atoms with Gasteiger partial charge in [-0.1, -0.05) is 54.1 Å². The van der Waals surface area contributed by atoms with Crippen molar-refractivity contribution in [2.45, 2.75) is 45.3 Å². The van der Waals surface area contributed by atoms with Crippen molar-refractivity contribution < 1.29 is 27.1 Å². The number of carbonyl (C=O) groups is 2. The Morgan fingerprint density at radius 3 is 2.17 bits per heavy atom. The van der Waals surface area contributed by atoms with Crippen molar-refractivity contribution in [3.63, 3.8) is 0 Å². The van der Waals surface area contributed by atoms with Crippen molar-refractivity contribution in [3.05, 3.63) is 94.8 Å². The summed E-state index contributed by atoms with van der Waals surface area (Å²) in [5.41, 5.74) is 0.933. The Balaban J connectivity index is 2.08. The molecule has 0 radical (unpaired) electrons. The van der Waals surface area contributed by atoms with E-state index in [2.05, 4.69) is 5.32 Å². The molecule has 0 fully saturated rings. The zero-order valence-electron chi connectivity index (χ0n) is 23.7. The maximum atomic E-state index is 14.1. The first kappa shape index (κ1) is 31.9. The van der Waals surface area contributed by atoms with Crippen LogP contribution in [0, 0.1) is 5.82 Å². The summed E-state index contributed by atoms with van der Waals surface area (Å²) < 4.78 is 45.6. The van der Waals surface area contributed by atoms with E-state index >= 15 is 0 Å². The average Bonchev–Trinajstić information content (AvgIpc) is 2.89. The van der Waals surface area contributed by atoms with E-state index in [1.165, 1.54) is 54.5 Å². The molecule has 11 heteroatoms. The lowest BCUT2D eigenvalue weighted by molar-refractivity contribution is -0.140. The van der Waals surface area contributed by atoms with E-state index in [0.717, 1.165) is 16.1 Å². The summed E-state index contributed by atoms with van der Waals surface area (Å²) in [6.07, 6.45) is 1.15. The lowest BCUT2D eigenvalue weighted by Gasteiger charge is -2.35. The maximum Gasteiger partial charge on any atom is 0.244 e. The minimum Gasteiger partial charge on any atom is -0.495 e. The zero-order chi connectivity index (χ0) is 30.4. The Morgan fingerprint density at radius 2 is 1.63 bits per heavy atom. The number of nitrogens with zero attached hydrogens (tertiary/aromatic N) is 2. The summed E-state index contributed by atoms with van der Waals surface area (Å²) in [6, 6.07) is 18.2. The molecule has 1 atom stereocenters. The third-order valence-electron chi connectivity index (χ3n) is 6.14. The van der Waals surface area contributed by atoms with Gasteiger partial charge in [0.15, 0.2) is 0 Å². The monoisotopic (exact) mass is 603 g/mol. The fraction of sp³-hybridized carbons (Fsp3) is 0.333. The molecule has 0 aliphatic carbocycles. The van der Waals surface area contributed by atoms with Gasteiger partial charge in [0.25, 0.3) is 0 Å². The number of halogens is 2. The van der Waals surface area contributed by atoms with Gasteiger partial charge >= 0.3 is 0 Å². The molecule has 0 aliphatic heterocycles. The molecule has 0 saturated heterocycles. The molecule has 1 N–H and O–H groups in total. The molecule has 8 nitrogen and oxygen atoms in total. The van der Waals surface area contributed by atoms with Crippen molar-refractivity contribution >= 4 is 39.1 Å². The molecule has 2 amide bonds. The average molecular weight is 604 g/mol. The molecular formula is C30H35ClFN3O5S. The molecule has 3 aromatic carbocycles. The minimum absolute atomic E-state index is 0.0604. The van der Waals surface area contributed by atoms with Crippen LogP contribution in [0.5, 0.6) is 5.75 Å². The Bertz CT molecular complexity index is 1460. The van der Waals surface area contributed by atoms with Crippen LogP contribution in [0.1, 0.15) is 31.9 Å². The highest BCUT2D eigenvalue weighted by Gasteiger charge is 2.34. The Hall–Kier alpha value is -3.63. The highest BCUT2D eigenvalue weighted by Crippen LogP contribution is 2.30. The number of hydrogen-bond donors (Lipinski definition) is 1. The number of amides is 2. The number of ether oxygens (including phenoxy) is 1. The second kappa shape index (κ2) is 13.4. The first-order chi connectivity index (χ1) is 19.2. The van der Waals surface area contributed by atoms with Gasteiger partial charge in [-0.3, -0.25) is 13.9 Å². The number of nitrogens with one attached hydrogen (secondary N) is 1. The van der Waals surface area contributed by atoms with Gasteiger partial charge in [-0.25, -0.2) is 12.8 Å². The molecule has 0 aliphatic rings. The molecule has 0 unspecified atom stereocenters. The fourth-order valence-corrected chi connectivity index (χ4v) is 5.31. The first-order valence-electron chi connectivity index (χ1n) is 12.9. The van der Waals surface area contributed by atoms with Gasteiger partial charge < -0.3 is 15.0 Å². The number of methoxy groups -OCH3 is 1. The van der Waals surface area contributed by atoms with Crippen LogP contribution >= 0.6 is 11.6 Å². The third-order valence-corrected chi connectivity index (χ3v) is 7.57. The summed E-state index contributed by atoms with van der Waals surface area (Å²) in [5, 5.41) is 3.12. The lowest BCUT2D eigenvalue weighted by atomic mass is 10.0. The Morgan fingerprint density at radius 1 is 1.00 bits per heavy atom. The van der Waals surface area contributed by atoms with Crippen molar-refractivity contribution in [2.24, 2.45) is 0 Å². The second-order valence-electron chi connectivity index (χ2n) is 10.7. The van der Waals surface area contributed by atoms with Gasteiger partial charge in [-0.2, -0.15) is 0 Å². The summed E-state index contributed by atoms with van der Waals surface area (Å²) >= 11 is 6.26. The fourth-order valence-electron chi connectivity index (χ4n) is 4.22. The van der Waals surface area contributed by atoms with E-state index in [0.29, 0.717) is 11.3 Å². The van der Waals surface area contributed by atoms with E-state index in [9.17, 15) is 22.4 Å². The largest absolute Gasteiger partial charge is 0.495 e. The molecule has 220 valence electrons. The van der Waals surface area contributed by atoms with Crippen LogP contribution in [0.4, 0.5) is 10.1 Å².